The highest BCUT2D eigenvalue weighted by atomic mass is 16.1. The van der Waals surface area contributed by atoms with Gasteiger partial charge in [-0.3, -0.25) is 4.79 Å². The Bertz CT molecular complexity index is 344. The number of hydrogen-bond donors (Lipinski definition) is 2. The molecule has 0 amide bonds. The fraction of sp³-hybridized carbons (Fsp3) is 0.143. The van der Waals surface area contributed by atoms with Crippen LogP contribution in [0.2, 0.25) is 0 Å². The van der Waals surface area contributed by atoms with Crippen LogP contribution >= 0.6 is 0 Å². The lowest BCUT2D eigenvalue weighted by atomic mass is 10.4. The van der Waals surface area contributed by atoms with E-state index in [-0.39, 0.29) is 11.2 Å². The fourth-order valence-corrected chi connectivity index (χ4v) is 0.768. The van der Waals surface area contributed by atoms with Crippen molar-refractivity contribution in [2.75, 3.05) is 17.7 Å². The molecule has 64 valence electrons. The molecule has 0 bridgehead atoms. The second-order valence-electron chi connectivity index (χ2n) is 2.26. The summed E-state index contributed by atoms with van der Waals surface area (Å²) in [5.41, 5.74) is 5.22. The molecule has 5 nitrogen and oxygen atoms in total. The maximum absolute atomic E-state index is 11.0. The Balaban J connectivity index is 3.25. The molecule has 0 aromatic carbocycles. The molecule has 1 aromatic heterocycles. The van der Waals surface area contributed by atoms with Gasteiger partial charge in [0.25, 0.3) is 5.56 Å². The average Bonchev–Trinajstić information content (AvgIpc) is 2.08. The largest absolute Gasteiger partial charge is 0.391 e. The van der Waals surface area contributed by atoms with Crippen molar-refractivity contribution < 1.29 is 0 Å². The molecule has 0 saturated carbocycles. The summed E-state index contributed by atoms with van der Waals surface area (Å²) >= 11 is 0. The zero-order valence-corrected chi connectivity index (χ0v) is 6.74. The van der Waals surface area contributed by atoms with Crippen molar-refractivity contribution in [3.8, 4) is 0 Å². The number of nitrogens with two attached hydrogens (primary N) is 1. The van der Waals surface area contributed by atoms with E-state index >= 15 is 0 Å². The number of aromatic amines is 1. The predicted molar refractivity (Wildman–Crippen MR) is 47.9 cm³/mol. The summed E-state index contributed by atoms with van der Waals surface area (Å²) in [5.74, 6) is 0.411. The summed E-state index contributed by atoms with van der Waals surface area (Å²) in [7, 11) is 1.71. The highest BCUT2D eigenvalue weighted by Gasteiger charge is 2.05. The Morgan fingerprint density at radius 2 is 2.50 bits per heavy atom. The first kappa shape index (κ1) is 8.32. The molecule has 3 N–H and O–H groups in total. The Morgan fingerprint density at radius 3 is 3.08 bits per heavy atom. The van der Waals surface area contributed by atoms with Crippen LogP contribution in [0.5, 0.6) is 0 Å². The Morgan fingerprint density at radius 1 is 1.83 bits per heavy atom. The van der Waals surface area contributed by atoms with E-state index in [1.165, 1.54) is 12.5 Å². The molecule has 5 heteroatoms. The maximum Gasteiger partial charge on any atom is 0.276 e. The Hall–Kier alpha value is -1.78. The third kappa shape index (κ3) is 1.29. The zero-order valence-electron chi connectivity index (χ0n) is 6.74. The minimum atomic E-state index is -0.339. The van der Waals surface area contributed by atoms with Crippen LogP contribution in [0.25, 0.3) is 0 Å². The molecule has 0 saturated heterocycles. The lowest BCUT2D eigenvalue weighted by Gasteiger charge is -2.12. The lowest BCUT2D eigenvalue weighted by molar-refractivity contribution is 1.06. The Labute approximate surface area is 69.5 Å². The molecule has 0 radical (unpaired) electrons. The van der Waals surface area contributed by atoms with Gasteiger partial charge in [-0.25, -0.2) is 4.98 Å². The van der Waals surface area contributed by atoms with Gasteiger partial charge in [0.05, 0.1) is 6.33 Å². The van der Waals surface area contributed by atoms with Gasteiger partial charge >= 0.3 is 0 Å². The number of anilines is 2. The van der Waals surface area contributed by atoms with E-state index in [0.717, 1.165) is 0 Å². The number of nitrogens with zero attached hydrogens (tertiary/aromatic N) is 2. The molecule has 0 fully saturated rings. The van der Waals surface area contributed by atoms with E-state index in [9.17, 15) is 4.79 Å². The average molecular weight is 166 g/mol. The van der Waals surface area contributed by atoms with E-state index in [2.05, 4.69) is 16.5 Å². The number of aromatic nitrogens is 2. The number of hydrogen-bond acceptors (Lipinski definition) is 4. The lowest BCUT2D eigenvalue weighted by Crippen LogP contribution is -2.19. The molecule has 1 aromatic rings. The van der Waals surface area contributed by atoms with Gasteiger partial charge in [-0.2, -0.15) is 0 Å². The van der Waals surface area contributed by atoms with Crippen LogP contribution < -0.4 is 16.2 Å². The van der Waals surface area contributed by atoms with Gasteiger partial charge in [0.1, 0.15) is 5.69 Å². The third-order valence-electron chi connectivity index (χ3n) is 1.48. The first-order chi connectivity index (χ1) is 5.66. The van der Waals surface area contributed by atoms with Crippen molar-refractivity contribution in [1.82, 2.24) is 9.97 Å². The minimum absolute atomic E-state index is 0.0971. The van der Waals surface area contributed by atoms with Crippen molar-refractivity contribution in [3.05, 3.63) is 29.5 Å². The first-order valence-corrected chi connectivity index (χ1v) is 3.35. The van der Waals surface area contributed by atoms with Gasteiger partial charge in [0.2, 0.25) is 0 Å². The molecule has 0 unspecified atom stereocenters. The van der Waals surface area contributed by atoms with Crippen molar-refractivity contribution >= 4 is 11.5 Å². The maximum atomic E-state index is 11.0. The second-order valence-corrected chi connectivity index (χ2v) is 2.26. The van der Waals surface area contributed by atoms with Crippen LogP contribution in [0.1, 0.15) is 0 Å². The Kier molecular flexibility index (Phi) is 2.14. The number of nitrogen functional groups attached to an aromatic ring is 1. The standard InChI is InChI=1S/C7H10N4O/c1-3-11(2)6-5(8)7(12)10-4-9-6/h3-4H,1,8H2,2H3,(H,9,10,12). The summed E-state index contributed by atoms with van der Waals surface area (Å²) < 4.78 is 0. The molecule has 12 heavy (non-hydrogen) atoms. The molecular formula is C7H10N4O. The molecule has 0 aliphatic heterocycles. The summed E-state index contributed by atoms with van der Waals surface area (Å²) in [4.78, 5) is 18.8. The predicted octanol–water partition coefficient (Wildman–Crippen LogP) is -0.0682. The van der Waals surface area contributed by atoms with E-state index in [1.54, 1.807) is 11.9 Å². The van der Waals surface area contributed by atoms with Crippen LogP contribution in [0.3, 0.4) is 0 Å². The number of nitrogens with one attached hydrogen (secondary N) is 1. The number of H-pyrrole nitrogens is 1. The van der Waals surface area contributed by atoms with Crippen molar-refractivity contribution in [2.45, 2.75) is 0 Å². The van der Waals surface area contributed by atoms with Crippen LogP contribution in [-0.2, 0) is 0 Å². The van der Waals surface area contributed by atoms with E-state index in [0.29, 0.717) is 5.82 Å². The monoisotopic (exact) mass is 166 g/mol. The first-order valence-electron chi connectivity index (χ1n) is 3.35. The van der Waals surface area contributed by atoms with Gasteiger partial charge in [-0.1, -0.05) is 6.58 Å². The molecule has 1 rings (SSSR count). The normalized spacial score (nSPS) is 9.42. The van der Waals surface area contributed by atoms with Crippen molar-refractivity contribution in [2.24, 2.45) is 0 Å². The molecule has 0 aliphatic carbocycles. The zero-order chi connectivity index (χ0) is 9.14. The minimum Gasteiger partial charge on any atom is -0.391 e. The highest BCUT2D eigenvalue weighted by Crippen LogP contribution is 2.11. The molecule has 1 heterocycles. The van der Waals surface area contributed by atoms with Crippen LogP contribution in [0.4, 0.5) is 11.5 Å². The molecule has 0 aliphatic rings. The third-order valence-corrected chi connectivity index (χ3v) is 1.48. The SMILES string of the molecule is C=CN(C)c1nc[nH]c(=O)c1N. The molecule has 0 spiro atoms. The highest BCUT2D eigenvalue weighted by molar-refractivity contribution is 5.61. The second kappa shape index (κ2) is 3.08. The summed E-state index contributed by atoms with van der Waals surface area (Å²) in [5, 5.41) is 0. The van der Waals surface area contributed by atoms with Crippen molar-refractivity contribution in [3.63, 3.8) is 0 Å². The van der Waals surface area contributed by atoms with E-state index in [1.807, 2.05) is 0 Å². The molecule has 0 atom stereocenters. The van der Waals surface area contributed by atoms with E-state index < -0.39 is 0 Å². The summed E-state index contributed by atoms with van der Waals surface area (Å²) in [6, 6.07) is 0. The van der Waals surface area contributed by atoms with Gasteiger partial charge < -0.3 is 15.6 Å². The van der Waals surface area contributed by atoms with Crippen LogP contribution in [0.15, 0.2) is 23.9 Å². The van der Waals surface area contributed by atoms with E-state index in [4.69, 9.17) is 5.73 Å². The number of rotatable bonds is 2. The topological polar surface area (TPSA) is 75.0 Å². The van der Waals surface area contributed by atoms with Gasteiger partial charge in [-0.05, 0) is 6.20 Å². The quantitative estimate of drug-likeness (QED) is 0.645. The van der Waals surface area contributed by atoms with Crippen LogP contribution in [-0.4, -0.2) is 17.0 Å². The van der Waals surface area contributed by atoms with Crippen LogP contribution in [0, 0.1) is 0 Å². The summed E-state index contributed by atoms with van der Waals surface area (Å²) in [6.07, 6.45) is 2.83. The fourth-order valence-electron chi connectivity index (χ4n) is 0.768. The summed E-state index contributed by atoms with van der Waals surface area (Å²) in [6.45, 7) is 3.53. The van der Waals surface area contributed by atoms with Gasteiger partial charge in [0, 0.05) is 7.05 Å². The van der Waals surface area contributed by atoms with Gasteiger partial charge in [0.15, 0.2) is 5.82 Å². The molecular weight excluding hydrogens is 156 g/mol. The van der Waals surface area contributed by atoms with Gasteiger partial charge in [-0.15, -0.1) is 0 Å². The van der Waals surface area contributed by atoms with Crippen molar-refractivity contribution in [1.29, 1.82) is 0 Å². The smallest absolute Gasteiger partial charge is 0.276 e.